The van der Waals surface area contributed by atoms with Crippen LogP contribution in [0.3, 0.4) is 0 Å². The van der Waals surface area contributed by atoms with E-state index in [4.69, 9.17) is 28.4 Å². The summed E-state index contributed by atoms with van der Waals surface area (Å²) in [6, 6.07) is 0. The van der Waals surface area contributed by atoms with Crippen molar-refractivity contribution in [1.82, 2.24) is 0 Å². The second kappa shape index (κ2) is 13.8. The van der Waals surface area contributed by atoms with E-state index in [0.717, 1.165) is 43.3 Å². The molecule has 1 spiro atoms. The molecule has 0 radical (unpaired) electrons. The average Bonchev–Trinajstić information content (AvgIpc) is 3.54. The predicted octanol–water partition coefficient (Wildman–Crippen LogP) is 0.786. The van der Waals surface area contributed by atoms with Crippen molar-refractivity contribution in [3.63, 3.8) is 0 Å². The van der Waals surface area contributed by atoms with Crippen LogP contribution in [0, 0.1) is 40.4 Å². The van der Waals surface area contributed by atoms with E-state index in [2.05, 4.69) is 27.4 Å². The number of fused-ring (bicyclic) bond motifs is 7. The Morgan fingerprint density at radius 3 is 2.35 bits per heavy atom. The molecule has 7 N–H and O–H groups in total. The molecule has 4 aliphatic heterocycles. The van der Waals surface area contributed by atoms with Gasteiger partial charge in [-0.3, -0.25) is 4.55 Å². The second-order valence-electron chi connectivity index (χ2n) is 18.1. The van der Waals surface area contributed by atoms with E-state index in [1.165, 1.54) is 6.92 Å². The summed E-state index contributed by atoms with van der Waals surface area (Å²) in [4.78, 5) is 0. The van der Waals surface area contributed by atoms with Crippen molar-refractivity contribution in [2.75, 3.05) is 13.2 Å². The minimum absolute atomic E-state index is 0.0174. The van der Waals surface area contributed by atoms with Crippen LogP contribution in [0.5, 0.6) is 0 Å². The molecule has 21 atom stereocenters. The topological polar surface area (TPSA) is 231 Å². The third-order valence-corrected chi connectivity index (χ3v) is 16.6. The lowest BCUT2D eigenvalue weighted by atomic mass is 9.45. The molecule has 7 fully saturated rings. The van der Waals surface area contributed by atoms with E-state index >= 15 is 0 Å². The highest BCUT2D eigenvalue weighted by Gasteiger charge is 2.70. The van der Waals surface area contributed by atoms with Crippen LogP contribution in [-0.2, 0) is 38.5 Å². The van der Waals surface area contributed by atoms with Gasteiger partial charge in [0.25, 0.3) is 10.1 Å². The fourth-order valence-corrected chi connectivity index (χ4v) is 13.2. The number of ether oxygens (including phenoxy) is 6. The monoisotopic (exact) mass is 786 g/mol. The Morgan fingerprint density at radius 2 is 1.67 bits per heavy atom. The quantitative estimate of drug-likeness (QED) is 0.151. The van der Waals surface area contributed by atoms with Gasteiger partial charge in [0, 0.05) is 24.2 Å². The van der Waals surface area contributed by atoms with Crippen LogP contribution < -0.4 is 0 Å². The van der Waals surface area contributed by atoms with E-state index in [1.54, 1.807) is 0 Å². The Hall–Kier alpha value is -1.09. The first-order valence-electron chi connectivity index (χ1n) is 19.6. The molecule has 0 aromatic heterocycles. The molecule has 1 unspecified atom stereocenters. The van der Waals surface area contributed by atoms with Gasteiger partial charge in [-0.05, 0) is 68.1 Å². The Morgan fingerprint density at radius 1 is 0.926 bits per heavy atom. The third-order valence-electron chi connectivity index (χ3n) is 15.4. The summed E-state index contributed by atoms with van der Waals surface area (Å²) >= 11 is 0. The number of rotatable bonds is 5. The van der Waals surface area contributed by atoms with Crippen molar-refractivity contribution in [2.24, 2.45) is 40.4 Å². The Kier molecular flexibility index (Phi) is 10.1. The van der Waals surface area contributed by atoms with Crippen LogP contribution in [-0.4, -0.2) is 141 Å². The molecule has 0 amide bonds. The van der Waals surface area contributed by atoms with Crippen molar-refractivity contribution in [3.8, 4) is 0 Å². The molecule has 0 aromatic carbocycles. The second-order valence-corrected chi connectivity index (χ2v) is 19.7. The smallest absolute Gasteiger partial charge is 0.272 e. The van der Waals surface area contributed by atoms with Gasteiger partial charge in [-0.25, -0.2) is 0 Å². The number of hydrogen-bond donors (Lipinski definition) is 7. The first-order valence-corrected chi connectivity index (χ1v) is 21.1. The maximum Gasteiger partial charge on any atom is 0.272 e. The van der Waals surface area contributed by atoms with Crippen molar-refractivity contribution in [3.05, 3.63) is 23.8 Å². The largest absolute Gasteiger partial charge is 0.393 e. The molecule has 4 heterocycles. The third kappa shape index (κ3) is 6.04. The van der Waals surface area contributed by atoms with Gasteiger partial charge in [-0.2, -0.15) is 8.42 Å². The molecule has 54 heavy (non-hydrogen) atoms. The minimum atomic E-state index is -4.85. The highest BCUT2D eigenvalue weighted by atomic mass is 32.2. The summed E-state index contributed by atoms with van der Waals surface area (Å²) < 4.78 is 72.0. The summed E-state index contributed by atoms with van der Waals surface area (Å²) in [6.45, 7) is 12.1. The molecule has 4 aliphatic carbocycles. The van der Waals surface area contributed by atoms with Gasteiger partial charge in [-0.15, -0.1) is 0 Å². The normalized spacial score (nSPS) is 56.1. The molecular weight excluding hydrogens is 728 g/mol. The maximum atomic E-state index is 12.3. The Bertz CT molecular complexity index is 1600. The molecular formula is C38H58O15S. The summed E-state index contributed by atoms with van der Waals surface area (Å²) in [5.74, 6) is -0.350. The van der Waals surface area contributed by atoms with Gasteiger partial charge in [0.05, 0.1) is 43.7 Å². The molecule has 0 bridgehead atoms. The summed E-state index contributed by atoms with van der Waals surface area (Å²) in [5.41, 5.74) is 1.07. The first kappa shape index (κ1) is 39.7. The van der Waals surface area contributed by atoms with Crippen molar-refractivity contribution in [1.29, 1.82) is 0 Å². The summed E-state index contributed by atoms with van der Waals surface area (Å²) in [6.07, 6.45) is -8.53. The fourth-order valence-electron chi connectivity index (χ4n) is 12.4. The number of aliphatic hydroxyl groups excluding tert-OH is 6. The van der Waals surface area contributed by atoms with E-state index in [0.29, 0.717) is 13.0 Å². The first-order chi connectivity index (χ1) is 25.3. The van der Waals surface area contributed by atoms with E-state index in [1.807, 2.05) is 6.08 Å². The molecule has 4 saturated heterocycles. The zero-order valence-corrected chi connectivity index (χ0v) is 32.2. The lowest BCUT2D eigenvalue weighted by Crippen LogP contribution is -2.64. The van der Waals surface area contributed by atoms with E-state index in [-0.39, 0.29) is 47.5 Å². The Labute approximate surface area is 316 Å². The van der Waals surface area contributed by atoms with Gasteiger partial charge in [0.1, 0.15) is 35.8 Å². The maximum absolute atomic E-state index is 12.3. The standard InChI is InChI=1S/C38H58O15S/c1-16-6-9-38(49-14-16)17(2)28-24(53-38)13-22-27-21(7-8-36(22,28)4)37(5)19(11-23(27)40)10-20(39)12-26(37)51-35-33(30(42)25(15-48-35)54(45,46)47)52-34-32(44)31(43)29(41)18(3)50-34/h11,17-18,20-35,39-44H,1,6-10,12-15H2,2-5H3,(H,45,46,47)/t17-,18-,20+,21-,22-,23-,24?,25-,26+,27+,28-,29-,30-,31+,32+,33+,34-,35-,36-,37-,38+/m0/s1. The zero-order chi connectivity index (χ0) is 38.9. The molecule has 8 aliphatic rings. The van der Waals surface area contributed by atoms with Crippen LogP contribution in [0.15, 0.2) is 23.8 Å². The summed E-state index contributed by atoms with van der Waals surface area (Å²) in [5, 5.41) is 64.1. The van der Waals surface area contributed by atoms with Crippen LogP contribution in [0.25, 0.3) is 0 Å². The molecule has 15 nitrogen and oxygen atoms in total. The van der Waals surface area contributed by atoms with Crippen molar-refractivity contribution >= 4 is 10.1 Å². The minimum Gasteiger partial charge on any atom is -0.393 e. The van der Waals surface area contributed by atoms with Gasteiger partial charge < -0.3 is 59.1 Å². The SMILES string of the molecule is C=C1CC[C@@]2(OC1)OC1C[C@H]3[C@@H]4[C@@H](O)C=C5C[C@@H](O)C[C@@H](O[C@@H]6OC[C@H](S(=O)(=O)O)[C@H](O)[C@H]6O[C@@H]6O[C@@H](C)[C@H](O)[C@@H](O)[C@H]6O)[C@]5(C)[C@H]4CC[C@]3(C)[C@H]1[C@@H]2C. The lowest BCUT2D eigenvalue weighted by Gasteiger charge is -2.61. The van der Waals surface area contributed by atoms with Crippen LogP contribution in [0.2, 0.25) is 0 Å². The number of hydrogen-bond acceptors (Lipinski definition) is 14. The molecule has 3 saturated carbocycles. The molecule has 0 aromatic rings. The highest BCUT2D eigenvalue weighted by Crippen LogP contribution is 2.71. The van der Waals surface area contributed by atoms with Gasteiger partial charge in [0.2, 0.25) is 0 Å². The molecule has 8 rings (SSSR count). The van der Waals surface area contributed by atoms with Crippen LogP contribution >= 0.6 is 0 Å². The predicted molar refractivity (Wildman–Crippen MR) is 188 cm³/mol. The molecule has 16 heteroatoms. The van der Waals surface area contributed by atoms with E-state index in [9.17, 15) is 43.6 Å². The Balaban J connectivity index is 1.08. The zero-order valence-electron chi connectivity index (χ0n) is 31.3. The number of aliphatic hydroxyl groups is 6. The fraction of sp³-hybridized carbons (Fsp3) is 0.895. The van der Waals surface area contributed by atoms with Crippen LogP contribution in [0.1, 0.15) is 72.6 Å². The van der Waals surface area contributed by atoms with Gasteiger partial charge in [0.15, 0.2) is 18.4 Å². The average molecular weight is 787 g/mol. The highest BCUT2D eigenvalue weighted by molar-refractivity contribution is 7.86. The van der Waals surface area contributed by atoms with Gasteiger partial charge in [-0.1, -0.05) is 44.6 Å². The molecule has 306 valence electrons. The van der Waals surface area contributed by atoms with Crippen molar-refractivity contribution in [2.45, 2.75) is 157 Å². The van der Waals surface area contributed by atoms with Gasteiger partial charge >= 0.3 is 0 Å². The summed E-state index contributed by atoms with van der Waals surface area (Å²) in [7, 11) is -4.85. The van der Waals surface area contributed by atoms with Crippen molar-refractivity contribution < 1.29 is 72.0 Å². The van der Waals surface area contributed by atoms with Crippen LogP contribution in [0.4, 0.5) is 0 Å². The lowest BCUT2D eigenvalue weighted by molar-refractivity contribution is -0.353. The van der Waals surface area contributed by atoms with E-state index < -0.39 is 101 Å².